The Morgan fingerprint density at radius 2 is 1.72 bits per heavy atom. The number of ether oxygens (including phenoxy) is 1. The Morgan fingerprint density at radius 1 is 1.00 bits per heavy atom. The maximum Gasteiger partial charge on any atom is 0.258 e. The average molecular weight is 336 g/mol. The molecule has 4 rings (SSSR count). The van der Waals surface area contributed by atoms with Gasteiger partial charge < -0.3 is 15.0 Å². The number of anilines is 1. The molecule has 1 heterocycles. The van der Waals surface area contributed by atoms with E-state index in [1.165, 1.54) is 19.3 Å². The van der Waals surface area contributed by atoms with Gasteiger partial charge in [0, 0.05) is 11.7 Å². The standard InChI is InChI=1S/C21H24N2O2/c1-25-17-13-11-15(12-14-17)20-22-19-10-6-5-9-18(19)21(24)23(20)16-7-3-2-4-8-16/h5-6,9-14,16,20,22H,2-4,7-8H2,1H3/t20-/m0/s1. The monoisotopic (exact) mass is 336 g/mol. The molecule has 1 amide bonds. The smallest absolute Gasteiger partial charge is 0.258 e. The Hall–Kier alpha value is -2.49. The van der Waals surface area contributed by atoms with Crippen LogP contribution in [0.3, 0.4) is 0 Å². The highest BCUT2D eigenvalue weighted by Crippen LogP contribution is 2.38. The Balaban J connectivity index is 1.74. The van der Waals surface area contributed by atoms with Crippen LogP contribution in [-0.2, 0) is 0 Å². The van der Waals surface area contributed by atoms with Crippen molar-refractivity contribution in [3.8, 4) is 5.75 Å². The Morgan fingerprint density at radius 3 is 2.44 bits per heavy atom. The van der Waals surface area contributed by atoms with Crippen molar-refractivity contribution in [1.82, 2.24) is 4.90 Å². The van der Waals surface area contributed by atoms with Gasteiger partial charge in [-0.05, 0) is 42.7 Å². The number of rotatable bonds is 3. The zero-order valence-electron chi connectivity index (χ0n) is 14.6. The second-order valence-electron chi connectivity index (χ2n) is 6.87. The van der Waals surface area contributed by atoms with Crippen molar-refractivity contribution < 1.29 is 9.53 Å². The SMILES string of the molecule is COc1ccc([C@H]2Nc3ccccc3C(=O)N2C2CCCCC2)cc1. The molecule has 0 unspecified atom stereocenters. The van der Waals surface area contributed by atoms with Gasteiger partial charge in [0.25, 0.3) is 5.91 Å². The lowest BCUT2D eigenvalue weighted by atomic mass is 9.91. The van der Waals surface area contributed by atoms with E-state index in [9.17, 15) is 4.79 Å². The summed E-state index contributed by atoms with van der Waals surface area (Å²) in [6.45, 7) is 0. The molecule has 1 aliphatic heterocycles. The molecule has 4 nitrogen and oxygen atoms in total. The van der Waals surface area contributed by atoms with E-state index in [2.05, 4.69) is 10.2 Å². The largest absolute Gasteiger partial charge is 0.497 e. The molecule has 2 aliphatic rings. The van der Waals surface area contributed by atoms with Gasteiger partial charge in [0.05, 0.1) is 12.7 Å². The van der Waals surface area contributed by atoms with E-state index in [4.69, 9.17) is 4.74 Å². The summed E-state index contributed by atoms with van der Waals surface area (Å²) in [5, 5.41) is 3.59. The summed E-state index contributed by atoms with van der Waals surface area (Å²) in [6, 6.07) is 16.1. The van der Waals surface area contributed by atoms with Crippen LogP contribution < -0.4 is 10.1 Å². The zero-order valence-corrected chi connectivity index (χ0v) is 14.6. The summed E-state index contributed by atoms with van der Waals surface area (Å²) in [6.07, 6.45) is 5.72. The van der Waals surface area contributed by atoms with Crippen LogP contribution in [-0.4, -0.2) is 24.0 Å². The van der Waals surface area contributed by atoms with Crippen LogP contribution in [0.2, 0.25) is 0 Å². The molecule has 2 aromatic rings. The van der Waals surface area contributed by atoms with E-state index < -0.39 is 0 Å². The van der Waals surface area contributed by atoms with Crippen LogP contribution >= 0.6 is 0 Å². The second-order valence-corrected chi connectivity index (χ2v) is 6.87. The summed E-state index contributed by atoms with van der Waals surface area (Å²) >= 11 is 0. The number of hydrogen-bond donors (Lipinski definition) is 1. The Bertz CT molecular complexity index is 751. The van der Waals surface area contributed by atoms with Crippen LogP contribution in [0.5, 0.6) is 5.75 Å². The fourth-order valence-corrected chi connectivity index (χ4v) is 4.03. The van der Waals surface area contributed by atoms with E-state index in [0.717, 1.165) is 35.4 Å². The first-order valence-electron chi connectivity index (χ1n) is 9.10. The minimum Gasteiger partial charge on any atom is -0.497 e. The zero-order chi connectivity index (χ0) is 17.2. The van der Waals surface area contributed by atoms with E-state index in [1.54, 1.807) is 7.11 Å². The topological polar surface area (TPSA) is 41.6 Å². The molecule has 0 aromatic heterocycles. The van der Waals surface area contributed by atoms with Crippen molar-refractivity contribution in [3.63, 3.8) is 0 Å². The summed E-state index contributed by atoms with van der Waals surface area (Å²) in [5.74, 6) is 0.970. The molecule has 0 radical (unpaired) electrons. The maximum atomic E-state index is 13.3. The van der Waals surface area contributed by atoms with Crippen molar-refractivity contribution in [3.05, 3.63) is 59.7 Å². The third kappa shape index (κ3) is 2.97. The molecule has 4 heteroatoms. The molecule has 1 atom stereocenters. The molecule has 130 valence electrons. The number of nitrogens with one attached hydrogen (secondary N) is 1. The van der Waals surface area contributed by atoms with Crippen LogP contribution in [0, 0.1) is 0 Å². The van der Waals surface area contributed by atoms with Crippen molar-refractivity contribution in [2.45, 2.75) is 44.3 Å². The fraction of sp³-hybridized carbons (Fsp3) is 0.381. The highest BCUT2D eigenvalue weighted by molar-refractivity contribution is 6.01. The lowest BCUT2D eigenvalue weighted by molar-refractivity contribution is 0.0524. The van der Waals surface area contributed by atoms with E-state index in [-0.39, 0.29) is 12.1 Å². The van der Waals surface area contributed by atoms with Gasteiger partial charge in [0.1, 0.15) is 11.9 Å². The number of benzene rings is 2. The van der Waals surface area contributed by atoms with Gasteiger partial charge in [0.2, 0.25) is 0 Å². The predicted octanol–water partition coefficient (Wildman–Crippen LogP) is 4.59. The highest BCUT2D eigenvalue weighted by Gasteiger charge is 2.37. The molecule has 0 bridgehead atoms. The van der Waals surface area contributed by atoms with Crippen LogP contribution in [0.25, 0.3) is 0 Å². The first-order chi connectivity index (χ1) is 12.3. The fourth-order valence-electron chi connectivity index (χ4n) is 4.03. The molecule has 0 saturated heterocycles. The van der Waals surface area contributed by atoms with Crippen LogP contribution in [0.1, 0.15) is 54.2 Å². The molecule has 1 fully saturated rings. The van der Waals surface area contributed by atoms with Gasteiger partial charge in [-0.15, -0.1) is 0 Å². The van der Waals surface area contributed by atoms with E-state index >= 15 is 0 Å². The molecular formula is C21H24N2O2. The number of methoxy groups -OCH3 is 1. The number of nitrogens with zero attached hydrogens (tertiary/aromatic N) is 1. The van der Waals surface area contributed by atoms with Gasteiger partial charge in [-0.2, -0.15) is 0 Å². The molecule has 25 heavy (non-hydrogen) atoms. The first-order valence-corrected chi connectivity index (χ1v) is 9.10. The van der Waals surface area contributed by atoms with Gasteiger partial charge in [-0.3, -0.25) is 4.79 Å². The van der Waals surface area contributed by atoms with E-state index in [0.29, 0.717) is 6.04 Å². The lowest BCUT2D eigenvalue weighted by Gasteiger charge is -2.44. The Kier molecular flexibility index (Phi) is 4.35. The number of para-hydroxylation sites is 1. The van der Waals surface area contributed by atoms with Gasteiger partial charge >= 0.3 is 0 Å². The van der Waals surface area contributed by atoms with Gasteiger partial charge in [0.15, 0.2) is 0 Å². The minimum absolute atomic E-state index is 0.128. The van der Waals surface area contributed by atoms with E-state index in [1.807, 2.05) is 48.5 Å². The lowest BCUT2D eigenvalue weighted by Crippen LogP contribution is -2.49. The third-order valence-electron chi connectivity index (χ3n) is 5.36. The molecular weight excluding hydrogens is 312 g/mol. The number of carbonyl (C=O) groups is 1. The van der Waals surface area contributed by atoms with Crippen molar-refractivity contribution in [1.29, 1.82) is 0 Å². The highest BCUT2D eigenvalue weighted by atomic mass is 16.5. The molecule has 2 aromatic carbocycles. The first kappa shape index (κ1) is 16.0. The van der Waals surface area contributed by atoms with Gasteiger partial charge in [-0.1, -0.05) is 43.5 Å². The maximum absolute atomic E-state index is 13.3. The molecule has 0 spiro atoms. The van der Waals surface area contributed by atoms with Crippen molar-refractivity contribution in [2.24, 2.45) is 0 Å². The quantitative estimate of drug-likeness (QED) is 0.891. The number of carbonyl (C=O) groups excluding carboxylic acids is 1. The number of fused-ring (bicyclic) bond motifs is 1. The second kappa shape index (κ2) is 6.79. The summed E-state index contributed by atoms with van der Waals surface area (Å²) in [7, 11) is 1.67. The van der Waals surface area contributed by atoms with Crippen LogP contribution in [0.4, 0.5) is 5.69 Å². The van der Waals surface area contributed by atoms with Crippen molar-refractivity contribution in [2.75, 3.05) is 12.4 Å². The number of hydrogen-bond acceptors (Lipinski definition) is 3. The summed E-state index contributed by atoms with van der Waals surface area (Å²) < 4.78 is 5.28. The average Bonchev–Trinajstić information content (AvgIpc) is 2.69. The predicted molar refractivity (Wildman–Crippen MR) is 98.8 cm³/mol. The molecule has 1 aliphatic carbocycles. The minimum atomic E-state index is -0.128. The Labute approximate surface area is 148 Å². The van der Waals surface area contributed by atoms with Gasteiger partial charge in [-0.25, -0.2) is 0 Å². The molecule has 1 N–H and O–H groups in total. The summed E-state index contributed by atoms with van der Waals surface area (Å²) in [5.41, 5.74) is 2.78. The number of amides is 1. The summed E-state index contributed by atoms with van der Waals surface area (Å²) in [4.78, 5) is 15.4. The normalized spacial score (nSPS) is 20.8. The van der Waals surface area contributed by atoms with Crippen molar-refractivity contribution >= 4 is 11.6 Å². The molecule has 1 saturated carbocycles. The van der Waals surface area contributed by atoms with Crippen LogP contribution in [0.15, 0.2) is 48.5 Å². The third-order valence-corrected chi connectivity index (χ3v) is 5.36.